The molecule has 4 saturated carbocycles. The number of rotatable bonds is 5. The number of nitrogens with one attached hydrogen (secondary N) is 1. The zero-order chi connectivity index (χ0) is 20.1. The van der Waals surface area contributed by atoms with Crippen LogP contribution < -0.4 is 5.32 Å². The van der Waals surface area contributed by atoms with Gasteiger partial charge in [0.05, 0.1) is 12.1 Å². The fourth-order valence-electron chi connectivity index (χ4n) is 5.96. The van der Waals surface area contributed by atoms with Crippen molar-refractivity contribution >= 4 is 17.6 Å². The summed E-state index contributed by atoms with van der Waals surface area (Å²) in [6.45, 7) is 1.38. The maximum Gasteiger partial charge on any atom is 0.307 e. The summed E-state index contributed by atoms with van der Waals surface area (Å²) >= 11 is 0. The Labute approximate surface area is 161 Å². The highest BCUT2D eigenvalue weighted by Crippen LogP contribution is 2.61. The van der Waals surface area contributed by atoms with Crippen molar-refractivity contribution < 1.29 is 27.5 Å². The number of carbonyl (C=O) groups excluding carboxylic acids is 2. The summed E-state index contributed by atoms with van der Waals surface area (Å²) in [5, 5.41) is 2.15. The average molecular weight is 395 g/mol. The van der Waals surface area contributed by atoms with Crippen molar-refractivity contribution in [3.05, 3.63) is 29.6 Å². The molecule has 0 unspecified atom stereocenters. The first-order chi connectivity index (χ1) is 13.2. The summed E-state index contributed by atoms with van der Waals surface area (Å²) in [5.41, 5.74) is -0.498. The van der Waals surface area contributed by atoms with E-state index >= 15 is 0 Å². The van der Waals surface area contributed by atoms with Crippen molar-refractivity contribution in [2.24, 2.45) is 23.2 Å². The Morgan fingerprint density at radius 2 is 1.64 bits per heavy atom. The molecule has 4 nitrogen and oxygen atoms in total. The van der Waals surface area contributed by atoms with Crippen LogP contribution in [-0.4, -0.2) is 18.0 Å². The average Bonchev–Trinajstić information content (AvgIpc) is 2.60. The molecule has 0 spiro atoms. The normalized spacial score (nSPS) is 31.5. The summed E-state index contributed by atoms with van der Waals surface area (Å²) in [4.78, 5) is 24.7. The van der Waals surface area contributed by atoms with Crippen molar-refractivity contribution in [3.63, 3.8) is 0 Å². The summed E-state index contributed by atoms with van der Waals surface area (Å²) in [7, 11) is 0. The fraction of sp³-hybridized carbons (Fsp3) is 0.619. The SMILES string of the molecule is C[C@@H](OC(=O)CC12CC3CC(CC(C3)C1)C2)C(=O)Nc1ccc(F)c(F)c1F. The third-order valence-electron chi connectivity index (χ3n) is 6.65. The third-order valence-corrected chi connectivity index (χ3v) is 6.65. The van der Waals surface area contributed by atoms with Gasteiger partial charge in [0.25, 0.3) is 5.91 Å². The quantitative estimate of drug-likeness (QED) is 0.587. The molecule has 1 atom stereocenters. The molecule has 1 aromatic carbocycles. The highest BCUT2D eigenvalue weighted by atomic mass is 19.2. The van der Waals surface area contributed by atoms with Crippen molar-refractivity contribution in [1.29, 1.82) is 0 Å². The van der Waals surface area contributed by atoms with E-state index in [0.29, 0.717) is 24.2 Å². The van der Waals surface area contributed by atoms with Gasteiger partial charge in [-0.1, -0.05) is 0 Å². The van der Waals surface area contributed by atoms with Crippen molar-refractivity contribution in [3.8, 4) is 0 Å². The van der Waals surface area contributed by atoms with Crippen LogP contribution in [-0.2, 0) is 14.3 Å². The van der Waals surface area contributed by atoms with Gasteiger partial charge in [-0.2, -0.15) is 0 Å². The Morgan fingerprint density at radius 1 is 1.07 bits per heavy atom. The lowest BCUT2D eigenvalue weighted by Gasteiger charge is -2.56. The molecular formula is C21H24F3NO3. The minimum Gasteiger partial charge on any atom is -0.453 e. The minimum absolute atomic E-state index is 0.00573. The molecule has 0 aromatic heterocycles. The predicted molar refractivity (Wildman–Crippen MR) is 95.7 cm³/mol. The zero-order valence-corrected chi connectivity index (χ0v) is 15.8. The van der Waals surface area contributed by atoms with Gasteiger partial charge < -0.3 is 10.1 Å². The van der Waals surface area contributed by atoms with Crippen LogP contribution in [0.4, 0.5) is 18.9 Å². The van der Waals surface area contributed by atoms with Crippen LogP contribution in [0.5, 0.6) is 0 Å². The second-order valence-electron chi connectivity index (χ2n) is 8.94. The van der Waals surface area contributed by atoms with E-state index in [1.165, 1.54) is 26.2 Å². The van der Waals surface area contributed by atoms with E-state index in [9.17, 15) is 22.8 Å². The van der Waals surface area contributed by atoms with E-state index in [2.05, 4.69) is 5.32 Å². The number of esters is 1. The molecule has 28 heavy (non-hydrogen) atoms. The van der Waals surface area contributed by atoms with Crippen LogP contribution in [0.1, 0.15) is 51.9 Å². The maximum atomic E-state index is 13.7. The highest BCUT2D eigenvalue weighted by molar-refractivity contribution is 5.95. The van der Waals surface area contributed by atoms with Crippen LogP contribution in [0, 0.1) is 40.6 Å². The van der Waals surface area contributed by atoms with E-state index in [0.717, 1.165) is 31.4 Å². The smallest absolute Gasteiger partial charge is 0.307 e. The van der Waals surface area contributed by atoms with E-state index in [4.69, 9.17) is 4.74 Å². The van der Waals surface area contributed by atoms with Crippen molar-refractivity contribution in [1.82, 2.24) is 0 Å². The Balaban J connectivity index is 1.34. The molecule has 1 N–H and O–H groups in total. The number of benzene rings is 1. The molecule has 4 fully saturated rings. The standard InChI is InChI=1S/C21H24F3NO3/c1-11(20(27)25-16-3-2-15(22)18(23)19(16)24)28-17(26)10-21-7-12-4-13(8-21)6-14(5-12)9-21/h2-3,11-14H,4-10H2,1H3,(H,25,27)/t11-,12?,13?,14?,21?/m1/s1. The van der Waals surface area contributed by atoms with Crippen LogP contribution >= 0.6 is 0 Å². The van der Waals surface area contributed by atoms with E-state index in [1.54, 1.807) is 0 Å². The topological polar surface area (TPSA) is 55.4 Å². The monoisotopic (exact) mass is 395 g/mol. The number of carbonyl (C=O) groups is 2. The Morgan fingerprint density at radius 3 is 2.21 bits per heavy atom. The second kappa shape index (κ2) is 7.08. The number of ether oxygens (including phenoxy) is 1. The molecule has 0 saturated heterocycles. The van der Waals surface area contributed by atoms with Gasteiger partial charge in [0.15, 0.2) is 23.6 Å². The van der Waals surface area contributed by atoms with E-state index in [1.807, 2.05) is 0 Å². The number of halogens is 3. The van der Waals surface area contributed by atoms with E-state index in [-0.39, 0.29) is 5.41 Å². The first-order valence-electron chi connectivity index (χ1n) is 9.88. The molecule has 4 bridgehead atoms. The summed E-state index contributed by atoms with van der Waals surface area (Å²) in [6, 6.07) is 1.65. The minimum atomic E-state index is -1.66. The molecule has 0 radical (unpaired) electrons. The lowest BCUT2D eigenvalue weighted by atomic mass is 9.49. The van der Waals surface area contributed by atoms with Crippen molar-refractivity contribution in [2.75, 3.05) is 5.32 Å². The molecule has 152 valence electrons. The molecule has 0 heterocycles. The van der Waals surface area contributed by atoms with Gasteiger partial charge in [-0.05, 0) is 80.8 Å². The number of anilines is 1. The Hall–Kier alpha value is -2.05. The largest absolute Gasteiger partial charge is 0.453 e. The first-order valence-corrected chi connectivity index (χ1v) is 9.88. The summed E-state index contributed by atoms with van der Waals surface area (Å²) in [6.07, 6.45) is 6.10. The van der Waals surface area contributed by atoms with Crippen LogP contribution in [0.2, 0.25) is 0 Å². The maximum absolute atomic E-state index is 13.7. The van der Waals surface area contributed by atoms with Crippen LogP contribution in [0.25, 0.3) is 0 Å². The third kappa shape index (κ3) is 3.63. The van der Waals surface area contributed by atoms with Crippen LogP contribution in [0.15, 0.2) is 12.1 Å². The summed E-state index contributed by atoms with van der Waals surface area (Å²) in [5.74, 6) is -3.60. The fourth-order valence-corrected chi connectivity index (χ4v) is 5.96. The van der Waals surface area contributed by atoms with Gasteiger partial charge >= 0.3 is 5.97 Å². The van der Waals surface area contributed by atoms with Crippen LogP contribution in [0.3, 0.4) is 0 Å². The molecule has 1 aromatic rings. The lowest BCUT2D eigenvalue weighted by Crippen LogP contribution is -2.47. The lowest BCUT2D eigenvalue weighted by molar-refractivity contribution is -0.160. The molecule has 4 aliphatic carbocycles. The molecule has 4 aliphatic rings. The van der Waals surface area contributed by atoms with E-state index < -0.39 is 41.1 Å². The highest BCUT2D eigenvalue weighted by Gasteiger charge is 2.51. The predicted octanol–water partition coefficient (Wildman–Crippen LogP) is 4.58. The number of hydrogen-bond donors (Lipinski definition) is 1. The molecule has 7 heteroatoms. The number of hydrogen-bond acceptors (Lipinski definition) is 3. The molecular weight excluding hydrogens is 371 g/mol. The number of amides is 1. The second-order valence-corrected chi connectivity index (χ2v) is 8.94. The van der Waals surface area contributed by atoms with Gasteiger partial charge in [-0.25, -0.2) is 13.2 Å². The van der Waals surface area contributed by atoms with Gasteiger partial charge in [0, 0.05) is 0 Å². The van der Waals surface area contributed by atoms with Gasteiger partial charge in [-0.3, -0.25) is 9.59 Å². The van der Waals surface area contributed by atoms with Gasteiger partial charge in [0.1, 0.15) is 0 Å². The molecule has 1 amide bonds. The molecule has 5 rings (SSSR count). The van der Waals surface area contributed by atoms with Gasteiger partial charge in [-0.15, -0.1) is 0 Å². The zero-order valence-electron chi connectivity index (χ0n) is 15.8. The van der Waals surface area contributed by atoms with Gasteiger partial charge in [0.2, 0.25) is 0 Å². The van der Waals surface area contributed by atoms with Crippen molar-refractivity contribution in [2.45, 2.75) is 58.0 Å². The Bertz CT molecular complexity index is 775. The Kier molecular flexibility index (Phi) is 4.88. The molecule has 0 aliphatic heterocycles. The summed E-state index contributed by atoms with van der Waals surface area (Å²) < 4.78 is 45.2. The first kappa shape index (κ1) is 19.3.